The summed E-state index contributed by atoms with van der Waals surface area (Å²) in [6.45, 7) is 8.69. The van der Waals surface area contributed by atoms with Crippen LogP contribution in [0.25, 0.3) is 0 Å². The third-order valence-corrected chi connectivity index (χ3v) is 8.78. The molecule has 2 aliphatic heterocycles. The van der Waals surface area contributed by atoms with Crippen LogP contribution in [0.2, 0.25) is 0 Å². The first-order chi connectivity index (χ1) is 25.0. The molecule has 6 rings (SSSR count). The van der Waals surface area contributed by atoms with Gasteiger partial charge in [-0.2, -0.15) is 17.0 Å². The van der Waals surface area contributed by atoms with Crippen molar-refractivity contribution in [2.24, 2.45) is 35.0 Å². The number of carbonyl (C=O) groups excluding carboxylic acids is 7. The van der Waals surface area contributed by atoms with Crippen LogP contribution < -0.4 is 0 Å². The molecule has 4 bridgehead atoms. The Morgan fingerprint density at radius 3 is 1.74 bits per heavy atom. The number of carbonyl (C=O) groups is 7. The first-order valence-corrected chi connectivity index (χ1v) is 17.2. The molecule has 15 heteroatoms. The van der Waals surface area contributed by atoms with Crippen molar-refractivity contribution in [3.63, 3.8) is 0 Å². The maximum Gasteiger partial charge on any atom is 0.383 e. The molecule has 6 unspecified atom stereocenters. The fourth-order valence-electron chi connectivity index (χ4n) is 5.88. The Labute approximate surface area is 316 Å². The molecule has 0 aromatic heterocycles. The van der Waals surface area contributed by atoms with Crippen molar-refractivity contribution in [2.75, 3.05) is 48.3 Å². The summed E-state index contributed by atoms with van der Waals surface area (Å²) in [5.41, 5.74) is 0.369. The zero-order chi connectivity index (χ0) is 40.9. The number of halogens is 1. The number of fused-ring (bicyclic) bond motifs is 4. The van der Waals surface area contributed by atoms with Gasteiger partial charge in [-0.25, -0.2) is 14.4 Å². The Hall–Kier alpha value is -4.97. The molecule has 1 saturated heterocycles. The van der Waals surface area contributed by atoms with Crippen molar-refractivity contribution in [1.29, 1.82) is 0 Å². The molecule has 2 heterocycles. The summed E-state index contributed by atoms with van der Waals surface area (Å²) in [5.74, 6) is 0.605. The van der Waals surface area contributed by atoms with E-state index in [2.05, 4.69) is 70.7 Å². The highest BCUT2D eigenvalue weighted by Gasteiger charge is 2.50. The molecule has 0 aromatic rings. The summed E-state index contributed by atoms with van der Waals surface area (Å²) >= 11 is 3.53. The van der Waals surface area contributed by atoms with Crippen molar-refractivity contribution in [3.8, 4) is 12.3 Å². The lowest BCUT2D eigenvalue weighted by atomic mass is 9.78. The van der Waals surface area contributed by atoms with Crippen molar-refractivity contribution in [3.05, 3.63) is 61.0 Å². The molecule has 0 radical (unpaired) electrons. The van der Waals surface area contributed by atoms with E-state index < -0.39 is 17.8 Å². The molecule has 6 atom stereocenters. The molecular formula is C38H50FNO12S. The molecule has 13 nitrogen and oxygen atoms in total. The third-order valence-electron chi connectivity index (χ3n) is 8.78. The molecule has 0 aromatic carbocycles. The number of terminal acetylenes is 1. The molecule has 2 amide bonds. The van der Waals surface area contributed by atoms with Crippen LogP contribution in [0.5, 0.6) is 0 Å². The number of allylic oxidation sites excluding steroid dienone is 4. The Morgan fingerprint density at radius 1 is 0.925 bits per heavy atom. The number of cyclic esters (lactones) is 1. The fraction of sp³-hybridized carbons (Fsp3) is 0.500. The minimum Gasteiger partial charge on any atom is -0.469 e. The van der Waals surface area contributed by atoms with Gasteiger partial charge in [-0.05, 0) is 62.5 Å². The van der Waals surface area contributed by atoms with E-state index in [1.165, 1.54) is 46.9 Å². The number of ether oxygens (including phenoxy) is 5. The molecule has 4 aliphatic carbocycles. The van der Waals surface area contributed by atoms with E-state index in [1.54, 1.807) is 12.2 Å². The standard InChI is InChI=1S/C10H14O2.C9H12O2.C5H5NO2.C5H6O2.C4H5FO2.C4H4O2.CH4S/c1-10(9(11)12-2)6-7-3-4-8(10)5-7;1-11-9(10)8-5-6-2-3-7(8)4-6;1-6-4(7)2-3-5(6)8;1-4-2-3-7-5(4)6;1-3(5)4(6)7-2;1-3-4(5)6-2;1-2/h3-4,7-8H,5-6H2,1-2H3;2-3,6-8H,4-5H2,1H3;2-3H,1H3;1-3H2;1H2,2H3;1H,2H3;2H,1H3. The first-order valence-electron chi connectivity index (χ1n) is 16.3. The van der Waals surface area contributed by atoms with Gasteiger partial charge in [-0.1, -0.05) is 37.5 Å². The largest absolute Gasteiger partial charge is 0.469 e. The highest BCUT2D eigenvalue weighted by molar-refractivity contribution is 7.79. The van der Waals surface area contributed by atoms with Gasteiger partial charge in [0.15, 0.2) is 0 Å². The van der Waals surface area contributed by atoms with Crippen LogP contribution in [0.4, 0.5) is 4.39 Å². The summed E-state index contributed by atoms with van der Waals surface area (Å²) in [5, 5.41) is 0. The van der Waals surface area contributed by atoms with Crippen LogP contribution in [0.15, 0.2) is 61.0 Å². The number of hydrogen-bond donors (Lipinski definition) is 1. The first kappa shape index (κ1) is 48.0. The zero-order valence-electron chi connectivity index (χ0n) is 31.3. The number of likely N-dealkylation sites (N-methyl/N-ethyl adjacent to an activating group) is 1. The summed E-state index contributed by atoms with van der Waals surface area (Å²) in [6.07, 6.45) is 22.5. The van der Waals surface area contributed by atoms with Crippen LogP contribution in [0.3, 0.4) is 0 Å². The molecule has 53 heavy (non-hydrogen) atoms. The Kier molecular flexibility index (Phi) is 22.0. The van der Waals surface area contributed by atoms with E-state index in [-0.39, 0.29) is 41.1 Å². The summed E-state index contributed by atoms with van der Waals surface area (Å²) in [7, 11) is 6.72. The molecule has 3 fully saturated rings. The molecule has 6 aliphatic rings. The second kappa shape index (κ2) is 24.3. The van der Waals surface area contributed by atoms with Gasteiger partial charge in [0.05, 0.1) is 46.4 Å². The average molecular weight is 764 g/mol. The van der Waals surface area contributed by atoms with E-state index in [1.807, 2.05) is 6.92 Å². The molecule has 2 saturated carbocycles. The Morgan fingerprint density at radius 2 is 1.51 bits per heavy atom. The minimum absolute atomic E-state index is 0.0261. The van der Waals surface area contributed by atoms with Gasteiger partial charge >= 0.3 is 29.8 Å². The highest BCUT2D eigenvalue weighted by Crippen LogP contribution is 2.52. The predicted octanol–water partition coefficient (Wildman–Crippen LogP) is 4.15. The molecular weight excluding hydrogens is 713 g/mol. The maximum atomic E-state index is 11.5. The van der Waals surface area contributed by atoms with Gasteiger partial charge in [-0.15, -0.1) is 6.42 Å². The molecule has 0 spiro atoms. The number of rotatable bonds is 3. The van der Waals surface area contributed by atoms with Gasteiger partial charge < -0.3 is 23.7 Å². The Balaban J connectivity index is 0.000000618. The number of hydrogen-bond acceptors (Lipinski definition) is 13. The van der Waals surface area contributed by atoms with E-state index in [0.29, 0.717) is 42.3 Å². The normalized spacial score (nSPS) is 25.3. The van der Waals surface area contributed by atoms with Crippen molar-refractivity contribution >= 4 is 54.3 Å². The number of thiol groups is 1. The SMILES string of the molecule is C#CC(=O)OC.C=C(F)C(=O)OC.C=C1CCOC1=O.CN1C(=O)C=CC1=O.COC(=O)C1(C)CC2C=CC1C2.COC(=O)C1CC2C=CC1C2.CS. The van der Waals surface area contributed by atoms with Crippen molar-refractivity contribution in [1.82, 2.24) is 4.90 Å². The maximum absolute atomic E-state index is 11.5. The van der Waals surface area contributed by atoms with E-state index in [0.717, 1.165) is 31.3 Å². The summed E-state index contributed by atoms with van der Waals surface area (Å²) < 4.78 is 33.4. The minimum atomic E-state index is -1.07. The number of amides is 2. The van der Waals surface area contributed by atoms with Crippen LogP contribution in [-0.4, -0.2) is 94.9 Å². The predicted molar refractivity (Wildman–Crippen MR) is 196 cm³/mol. The fourth-order valence-corrected chi connectivity index (χ4v) is 5.88. The topological polar surface area (TPSA) is 169 Å². The lowest BCUT2D eigenvalue weighted by Crippen LogP contribution is -2.32. The smallest absolute Gasteiger partial charge is 0.383 e. The van der Waals surface area contributed by atoms with E-state index in [4.69, 9.17) is 9.47 Å². The van der Waals surface area contributed by atoms with Gasteiger partial charge in [0.1, 0.15) is 0 Å². The third kappa shape index (κ3) is 15.3. The summed E-state index contributed by atoms with van der Waals surface area (Å²) in [4.78, 5) is 74.3. The number of esters is 5. The van der Waals surface area contributed by atoms with Crippen molar-refractivity contribution < 1.29 is 61.6 Å². The van der Waals surface area contributed by atoms with E-state index >= 15 is 0 Å². The number of imide groups is 1. The number of methoxy groups -OCH3 is 4. The van der Waals surface area contributed by atoms with Crippen LogP contribution in [0, 0.1) is 47.3 Å². The number of nitrogens with zero attached hydrogens (tertiary/aromatic N) is 1. The molecule has 0 N–H and O–H groups in total. The molecule has 292 valence electrons. The van der Waals surface area contributed by atoms with Crippen LogP contribution in [0.1, 0.15) is 39.0 Å². The average Bonchev–Trinajstić information content (AvgIpc) is 4.06. The van der Waals surface area contributed by atoms with Gasteiger partial charge in [0.25, 0.3) is 11.8 Å². The van der Waals surface area contributed by atoms with Gasteiger partial charge in [0, 0.05) is 37.1 Å². The lowest BCUT2D eigenvalue weighted by Gasteiger charge is -2.27. The van der Waals surface area contributed by atoms with E-state index in [9.17, 15) is 38.0 Å². The second-order valence-electron chi connectivity index (χ2n) is 12.1. The zero-order valence-corrected chi connectivity index (χ0v) is 32.2. The van der Waals surface area contributed by atoms with Crippen molar-refractivity contribution in [2.45, 2.75) is 39.0 Å². The quantitative estimate of drug-likeness (QED) is 0.0639. The van der Waals surface area contributed by atoms with Gasteiger partial charge in [-0.3, -0.25) is 24.1 Å². The van der Waals surface area contributed by atoms with Crippen LogP contribution in [-0.2, 0) is 57.2 Å². The lowest BCUT2D eigenvalue weighted by molar-refractivity contribution is -0.153. The Bertz CT molecular complexity index is 1460. The van der Waals surface area contributed by atoms with Crippen LogP contribution >= 0.6 is 12.6 Å². The van der Waals surface area contributed by atoms with Gasteiger partial charge in [0.2, 0.25) is 5.83 Å². The highest BCUT2D eigenvalue weighted by atomic mass is 32.1. The second-order valence-corrected chi connectivity index (χ2v) is 12.1. The summed E-state index contributed by atoms with van der Waals surface area (Å²) in [6, 6.07) is 0. The monoisotopic (exact) mass is 763 g/mol.